The third-order valence-corrected chi connectivity index (χ3v) is 5.50. The molecule has 1 aliphatic heterocycles. The Hall–Kier alpha value is -2.53. The van der Waals surface area contributed by atoms with E-state index in [0.717, 1.165) is 43.7 Å². The van der Waals surface area contributed by atoms with Crippen molar-refractivity contribution < 1.29 is 14.3 Å². The van der Waals surface area contributed by atoms with Crippen molar-refractivity contribution in [3.8, 4) is 5.75 Å². The van der Waals surface area contributed by atoms with Crippen LogP contribution in [-0.4, -0.2) is 44.8 Å². The highest BCUT2D eigenvalue weighted by Crippen LogP contribution is 2.33. The minimum atomic E-state index is 0.0158. The van der Waals surface area contributed by atoms with E-state index in [1.54, 1.807) is 14.2 Å². The number of likely N-dealkylation sites (tertiary alicyclic amines) is 1. The Kier molecular flexibility index (Phi) is 7.31. The lowest BCUT2D eigenvalue weighted by Crippen LogP contribution is -2.45. The molecule has 3 rings (SSSR count). The van der Waals surface area contributed by atoms with Gasteiger partial charge in [0.15, 0.2) is 0 Å². The normalized spacial score (nSPS) is 15.9. The summed E-state index contributed by atoms with van der Waals surface area (Å²) in [7, 11) is 3.44. The zero-order valence-corrected chi connectivity index (χ0v) is 16.8. The van der Waals surface area contributed by atoms with E-state index in [9.17, 15) is 4.79 Å². The van der Waals surface area contributed by atoms with Crippen LogP contribution in [0.3, 0.4) is 0 Å². The average molecular weight is 383 g/mol. The average Bonchev–Trinajstić information content (AvgIpc) is 2.76. The number of para-hydroxylation sites is 1. The Morgan fingerprint density at radius 2 is 1.75 bits per heavy atom. The molecular formula is C23H30N2O3. The molecule has 0 bridgehead atoms. The van der Waals surface area contributed by atoms with Crippen LogP contribution in [0.15, 0.2) is 54.6 Å². The van der Waals surface area contributed by atoms with Gasteiger partial charge in [-0.1, -0.05) is 48.5 Å². The van der Waals surface area contributed by atoms with Crippen LogP contribution in [0.4, 0.5) is 4.79 Å². The van der Waals surface area contributed by atoms with Crippen molar-refractivity contribution in [1.29, 1.82) is 0 Å². The number of urea groups is 1. The predicted molar refractivity (Wildman–Crippen MR) is 111 cm³/mol. The number of ether oxygens (including phenoxy) is 2. The predicted octanol–water partition coefficient (Wildman–Crippen LogP) is 4.05. The highest BCUT2D eigenvalue weighted by Gasteiger charge is 2.29. The van der Waals surface area contributed by atoms with Crippen molar-refractivity contribution >= 4 is 6.03 Å². The zero-order chi connectivity index (χ0) is 19.8. The van der Waals surface area contributed by atoms with Gasteiger partial charge in [-0.05, 0) is 42.4 Å². The van der Waals surface area contributed by atoms with E-state index in [1.165, 1.54) is 5.56 Å². The monoisotopic (exact) mass is 382 g/mol. The van der Waals surface area contributed by atoms with Gasteiger partial charge in [0.1, 0.15) is 5.75 Å². The molecule has 0 saturated carbocycles. The van der Waals surface area contributed by atoms with Crippen LogP contribution in [0, 0.1) is 5.92 Å². The van der Waals surface area contributed by atoms with Crippen LogP contribution in [0.1, 0.15) is 30.1 Å². The molecule has 0 spiro atoms. The number of benzene rings is 2. The molecule has 28 heavy (non-hydrogen) atoms. The molecule has 2 aromatic rings. The van der Waals surface area contributed by atoms with Gasteiger partial charge in [0.25, 0.3) is 0 Å². The molecule has 2 amide bonds. The van der Waals surface area contributed by atoms with Crippen LogP contribution in [-0.2, 0) is 11.2 Å². The van der Waals surface area contributed by atoms with Crippen molar-refractivity contribution in [2.75, 3.05) is 33.9 Å². The van der Waals surface area contributed by atoms with Gasteiger partial charge >= 0.3 is 6.03 Å². The summed E-state index contributed by atoms with van der Waals surface area (Å²) in [6.45, 7) is 2.12. The summed E-state index contributed by atoms with van der Waals surface area (Å²) < 4.78 is 11.1. The summed E-state index contributed by atoms with van der Waals surface area (Å²) in [4.78, 5) is 14.4. The third kappa shape index (κ3) is 5.04. The Balaban J connectivity index is 1.46. The smallest absolute Gasteiger partial charge is 0.317 e. The van der Waals surface area contributed by atoms with E-state index in [0.29, 0.717) is 12.5 Å². The highest BCUT2D eigenvalue weighted by molar-refractivity contribution is 5.74. The van der Waals surface area contributed by atoms with E-state index in [1.807, 2.05) is 47.4 Å². The fraction of sp³-hybridized carbons (Fsp3) is 0.435. The second-order valence-electron chi connectivity index (χ2n) is 7.19. The number of amides is 2. The minimum absolute atomic E-state index is 0.0158. The number of rotatable bonds is 7. The topological polar surface area (TPSA) is 50.8 Å². The number of methoxy groups -OCH3 is 2. The van der Waals surface area contributed by atoms with E-state index < -0.39 is 0 Å². The van der Waals surface area contributed by atoms with Gasteiger partial charge < -0.3 is 19.7 Å². The summed E-state index contributed by atoms with van der Waals surface area (Å²) in [6.07, 6.45) is 2.75. The first-order valence-electron chi connectivity index (χ1n) is 9.95. The van der Waals surface area contributed by atoms with E-state index in [-0.39, 0.29) is 12.1 Å². The molecule has 0 aliphatic carbocycles. The maximum atomic E-state index is 12.5. The van der Waals surface area contributed by atoms with Gasteiger partial charge in [0.2, 0.25) is 0 Å². The molecule has 1 heterocycles. The van der Waals surface area contributed by atoms with Crippen molar-refractivity contribution in [3.63, 3.8) is 0 Å². The fourth-order valence-corrected chi connectivity index (χ4v) is 3.97. The van der Waals surface area contributed by atoms with Crippen LogP contribution < -0.4 is 10.1 Å². The lowest BCUT2D eigenvalue weighted by molar-refractivity contribution is 0.0256. The third-order valence-electron chi connectivity index (χ3n) is 5.50. The van der Waals surface area contributed by atoms with Crippen LogP contribution in [0.25, 0.3) is 0 Å². The fourth-order valence-electron chi connectivity index (χ4n) is 3.97. The number of nitrogens with one attached hydrogen (secondary N) is 1. The Morgan fingerprint density at radius 1 is 1.07 bits per heavy atom. The summed E-state index contributed by atoms with van der Waals surface area (Å²) >= 11 is 0. The van der Waals surface area contributed by atoms with Gasteiger partial charge in [-0.3, -0.25) is 0 Å². The minimum Gasteiger partial charge on any atom is -0.496 e. The molecule has 1 N–H and O–H groups in total. The number of hydrogen-bond acceptors (Lipinski definition) is 3. The molecule has 5 nitrogen and oxygen atoms in total. The number of carbonyl (C=O) groups excluding carboxylic acids is 1. The molecule has 1 aliphatic rings. The van der Waals surface area contributed by atoms with Crippen LogP contribution in [0.5, 0.6) is 5.75 Å². The molecule has 1 unspecified atom stereocenters. The standard InChI is InChI=1S/C23H30N2O3/c1-27-21-11-7-6-8-18(21)12-15-24-23(26)25-16-13-20(14-17-25)22(28-2)19-9-4-3-5-10-19/h3-11,20,22H,12-17H2,1-2H3,(H,24,26). The quantitative estimate of drug-likeness (QED) is 0.786. The first-order valence-corrected chi connectivity index (χ1v) is 9.95. The molecule has 1 saturated heterocycles. The molecule has 0 aromatic heterocycles. The van der Waals surface area contributed by atoms with Gasteiger partial charge in [0.05, 0.1) is 13.2 Å². The number of hydrogen-bond donors (Lipinski definition) is 1. The Labute approximate surface area is 167 Å². The maximum absolute atomic E-state index is 12.5. The summed E-state index contributed by atoms with van der Waals surface area (Å²) in [5, 5.41) is 3.04. The van der Waals surface area contributed by atoms with Crippen molar-refractivity contribution in [1.82, 2.24) is 10.2 Å². The van der Waals surface area contributed by atoms with E-state index >= 15 is 0 Å². The van der Waals surface area contributed by atoms with Gasteiger partial charge in [-0.15, -0.1) is 0 Å². The Bertz CT molecular complexity index is 743. The number of nitrogens with zero attached hydrogens (tertiary/aromatic N) is 1. The lowest BCUT2D eigenvalue weighted by atomic mass is 9.87. The molecule has 2 aromatic carbocycles. The largest absolute Gasteiger partial charge is 0.496 e. The molecule has 1 fully saturated rings. The number of carbonyl (C=O) groups is 1. The zero-order valence-electron chi connectivity index (χ0n) is 16.8. The molecule has 0 radical (unpaired) electrons. The second-order valence-corrected chi connectivity index (χ2v) is 7.19. The van der Waals surface area contributed by atoms with E-state index in [4.69, 9.17) is 9.47 Å². The van der Waals surface area contributed by atoms with Crippen molar-refractivity contribution in [2.24, 2.45) is 5.92 Å². The SMILES string of the molecule is COc1ccccc1CCNC(=O)N1CCC(C(OC)c2ccccc2)CC1. The summed E-state index contributed by atoms with van der Waals surface area (Å²) in [5.74, 6) is 1.30. The lowest BCUT2D eigenvalue weighted by Gasteiger charge is -2.35. The maximum Gasteiger partial charge on any atom is 0.317 e. The molecule has 1 atom stereocenters. The van der Waals surface area contributed by atoms with Crippen LogP contribution >= 0.6 is 0 Å². The summed E-state index contributed by atoms with van der Waals surface area (Å²) in [6, 6.07) is 18.3. The second kappa shape index (κ2) is 10.1. The molecule has 150 valence electrons. The van der Waals surface area contributed by atoms with Crippen LogP contribution in [0.2, 0.25) is 0 Å². The van der Waals surface area contributed by atoms with E-state index in [2.05, 4.69) is 17.4 Å². The van der Waals surface area contributed by atoms with Gasteiger partial charge in [-0.25, -0.2) is 4.79 Å². The molecule has 5 heteroatoms. The van der Waals surface area contributed by atoms with Crippen molar-refractivity contribution in [2.45, 2.75) is 25.4 Å². The first kappa shape index (κ1) is 20.2. The molecular weight excluding hydrogens is 352 g/mol. The first-order chi connectivity index (χ1) is 13.7. The van der Waals surface area contributed by atoms with Gasteiger partial charge in [-0.2, -0.15) is 0 Å². The van der Waals surface area contributed by atoms with Crippen molar-refractivity contribution in [3.05, 3.63) is 65.7 Å². The highest BCUT2D eigenvalue weighted by atomic mass is 16.5. The number of piperidine rings is 1. The summed E-state index contributed by atoms with van der Waals surface area (Å²) in [5.41, 5.74) is 2.32. The Morgan fingerprint density at radius 3 is 2.43 bits per heavy atom. The van der Waals surface area contributed by atoms with Gasteiger partial charge in [0, 0.05) is 26.7 Å².